The van der Waals surface area contributed by atoms with E-state index in [2.05, 4.69) is 0 Å². The van der Waals surface area contributed by atoms with Gasteiger partial charge in [-0.2, -0.15) is 0 Å². The van der Waals surface area contributed by atoms with Gasteiger partial charge in [0, 0.05) is 0 Å². The van der Waals surface area contributed by atoms with E-state index in [4.69, 9.17) is 11.6 Å². The van der Waals surface area contributed by atoms with Gasteiger partial charge in [-0.05, 0) is 12.1 Å². The summed E-state index contributed by atoms with van der Waals surface area (Å²) in [5.41, 5.74) is 7.20. The summed E-state index contributed by atoms with van der Waals surface area (Å²) in [4.78, 5) is 10.4. The van der Waals surface area contributed by atoms with E-state index in [1.807, 2.05) is 6.07 Å². The van der Waals surface area contributed by atoms with Gasteiger partial charge in [0.1, 0.15) is 0 Å². The number of urea groups is 1. The number of nitrogens with zero attached hydrogens (tertiary/aromatic N) is 1. The van der Waals surface area contributed by atoms with Gasteiger partial charge in [-0.3, -0.25) is 0 Å². The van der Waals surface area contributed by atoms with Crippen LogP contribution in [0.3, 0.4) is 0 Å². The Balaban J connectivity index is 2.85. The molecule has 11 heavy (non-hydrogen) atoms. The first-order chi connectivity index (χ1) is 5.22. The summed E-state index contributed by atoms with van der Waals surface area (Å²) in [6.07, 6.45) is 0. The molecule has 0 bridgehead atoms. The van der Waals surface area contributed by atoms with E-state index in [9.17, 15) is 4.79 Å². The Bertz CT molecular complexity index is 247. The van der Waals surface area contributed by atoms with Crippen molar-refractivity contribution in [2.75, 3.05) is 5.01 Å². The first-order valence-electron chi connectivity index (χ1n) is 3.07. The third-order valence-corrected chi connectivity index (χ3v) is 1.25. The van der Waals surface area contributed by atoms with Crippen molar-refractivity contribution in [1.29, 1.82) is 0 Å². The van der Waals surface area contributed by atoms with E-state index in [0.717, 1.165) is 5.01 Å². The number of amides is 2. The number of benzene rings is 1. The van der Waals surface area contributed by atoms with Crippen LogP contribution in [0.5, 0.6) is 0 Å². The number of hydrogen-bond donors (Lipinski definition) is 1. The molecule has 3 N–H and O–H groups in total. The van der Waals surface area contributed by atoms with E-state index in [1.54, 1.807) is 24.3 Å². The third-order valence-electron chi connectivity index (χ3n) is 1.25. The lowest BCUT2D eigenvalue weighted by molar-refractivity contribution is 0.253. The van der Waals surface area contributed by atoms with Crippen molar-refractivity contribution in [2.45, 2.75) is 0 Å². The van der Waals surface area contributed by atoms with Crippen LogP contribution in [0, 0.1) is 0 Å². The second-order valence-electron chi connectivity index (χ2n) is 2.01. The maximum Gasteiger partial charge on any atom is 0.355 e. The summed E-state index contributed by atoms with van der Waals surface area (Å²) in [7, 11) is 0. The van der Waals surface area contributed by atoms with Gasteiger partial charge in [0.25, 0.3) is 0 Å². The molecule has 1 rings (SSSR count). The molecule has 0 spiro atoms. The molecular weight excluding hydrogens is 142 g/mol. The highest BCUT2D eigenvalue weighted by Gasteiger charge is 2.05. The second kappa shape index (κ2) is 3.03. The van der Waals surface area contributed by atoms with Crippen LogP contribution in [0.4, 0.5) is 10.5 Å². The van der Waals surface area contributed by atoms with E-state index in [1.165, 1.54) is 0 Å². The number of para-hydroxylation sites is 1. The zero-order chi connectivity index (χ0) is 8.27. The summed E-state index contributed by atoms with van der Waals surface area (Å²) in [5, 5.41) is 0.778. The van der Waals surface area contributed by atoms with Crippen molar-refractivity contribution in [3.05, 3.63) is 30.3 Å². The normalized spacial score (nSPS) is 9.18. The molecule has 0 saturated heterocycles. The Kier molecular flexibility index (Phi) is 2.08. The van der Waals surface area contributed by atoms with E-state index in [0.29, 0.717) is 5.69 Å². The fraction of sp³-hybridized carbons (Fsp3) is 0. The largest absolute Gasteiger partial charge is 0.355 e. The van der Waals surface area contributed by atoms with Gasteiger partial charge in [0.15, 0.2) is 0 Å². The van der Waals surface area contributed by atoms with Crippen LogP contribution in [0.15, 0.2) is 30.3 Å². The fourth-order valence-corrected chi connectivity index (χ4v) is 0.706. The van der Waals surface area contributed by atoms with Gasteiger partial charge >= 0.3 is 6.03 Å². The molecule has 1 aromatic rings. The number of hydrogen-bond acceptors (Lipinski definition) is 2. The number of nitrogens with two attached hydrogens (primary N) is 1. The number of carbonyl (C=O) groups is 1. The maximum atomic E-state index is 10.4. The van der Waals surface area contributed by atoms with Crippen molar-refractivity contribution in [3.63, 3.8) is 0 Å². The third kappa shape index (κ3) is 1.68. The number of nitrogens with one attached hydrogen (secondary N) is 1. The zero-order valence-electron chi connectivity index (χ0n) is 5.82. The van der Waals surface area contributed by atoms with Crippen LogP contribution in [0.25, 0.3) is 0 Å². The van der Waals surface area contributed by atoms with Gasteiger partial charge in [-0.25, -0.2) is 21.4 Å². The van der Waals surface area contributed by atoms with Gasteiger partial charge in [0.05, 0.1) is 5.69 Å². The summed E-state index contributed by atoms with van der Waals surface area (Å²) in [6, 6.07) is 7.71. The SMILES string of the molecule is [NH]C(=O)N(N)c1ccccc1. The average Bonchev–Trinajstić information content (AvgIpc) is 2.05. The van der Waals surface area contributed by atoms with Crippen molar-refractivity contribution >= 4 is 11.7 Å². The molecule has 1 radical (unpaired) electrons. The van der Waals surface area contributed by atoms with Crippen LogP contribution < -0.4 is 16.6 Å². The van der Waals surface area contributed by atoms with Crippen molar-refractivity contribution < 1.29 is 4.79 Å². The van der Waals surface area contributed by atoms with Crippen LogP contribution in [-0.2, 0) is 0 Å². The molecular formula is C7H8N3O. The minimum atomic E-state index is -0.920. The van der Waals surface area contributed by atoms with Crippen molar-refractivity contribution in [1.82, 2.24) is 5.73 Å². The lowest BCUT2D eigenvalue weighted by Crippen LogP contribution is -2.36. The van der Waals surface area contributed by atoms with E-state index in [-0.39, 0.29) is 0 Å². The van der Waals surface area contributed by atoms with Crippen molar-refractivity contribution in [3.8, 4) is 0 Å². The average molecular weight is 150 g/mol. The Morgan fingerprint density at radius 3 is 2.36 bits per heavy atom. The first-order valence-corrected chi connectivity index (χ1v) is 3.07. The topological polar surface area (TPSA) is 70.1 Å². The highest BCUT2D eigenvalue weighted by Crippen LogP contribution is 2.08. The Morgan fingerprint density at radius 2 is 1.91 bits per heavy atom. The summed E-state index contributed by atoms with van der Waals surface area (Å²) >= 11 is 0. The second-order valence-corrected chi connectivity index (χ2v) is 2.01. The van der Waals surface area contributed by atoms with Crippen molar-refractivity contribution in [2.24, 2.45) is 5.84 Å². The predicted molar refractivity (Wildman–Crippen MR) is 41.6 cm³/mol. The monoisotopic (exact) mass is 150 g/mol. The lowest BCUT2D eigenvalue weighted by Gasteiger charge is -2.11. The minimum absolute atomic E-state index is 0.521. The number of anilines is 1. The summed E-state index contributed by atoms with van der Waals surface area (Å²) in [5.74, 6) is 5.23. The van der Waals surface area contributed by atoms with Crippen LogP contribution in [0.1, 0.15) is 0 Å². The van der Waals surface area contributed by atoms with Crippen LogP contribution >= 0.6 is 0 Å². The molecule has 57 valence electrons. The van der Waals surface area contributed by atoms with Crippen LogP contribution in [-0.4, -0.2) is 6.03 Å². The highest BCUT2D eigenvalue weighted by atomic mass is 16.2. The van der Waals surface area contributed by atoms with E-state index >= 15 is 0 Å². The molecule has 0 unspecified atom stereocenters. The molecule has 0 aliphatic heterocycles. The molecule has 0 heterocycles. The molecule has 0 aliphatic rings. The molecule has 4 heteroatoms. The molecule has 0 aromatic heterocycles. The number of hydrazine groups is 1. The van der Waals surface area contributed by atoms with Crippen LogP contribution in [0.2, 0.25) is 0 Å². The molecule has 4 nitrogen and oxygen atoms in total. The Hall–Kier alpha value is -1.55. The summed E-state index contributed by atoms with van der Waals surface area (Å²) in [6.45, 7) is 0. The maximum absolute atomic E-state index is 10.4. The lowest BCUT2D eigenvalue weighted by atomic mass is 10.3. The Morgan fingerprint density at radius 1 is 1.36 bits per heavy atom. The quantitative estimate of drug-likeness (QED) is 0.365. The fourth-order valence-electron chi connectivity index (χ4n) is 0.706. The summed E-state index contributed by atoms with van der Waals surface area (Å²) < 4.78 is 0. The minimum Gasteiger partial charge on any atom is -0.246 e. The molecule has 2 amide bonds. The first kappa shape index (κ1) is 7.56. The van der Waals surface area contributed by atoms with E-state index < -0.39 is 6.03 Å². The molecule has 1 aromatic carbocycles. The van der Waals surface area contributed by atoms with Gasteiger partial charge in [-0.1, -0.05) is 18.2 Å². The van der Waals surface area contributed by atoms with Gasteiger partial charge in [-0.15, -0.1) is 0 Å². The number of carbonyl (C=O) groups excluding carboxylic acids is 1. The Labute approximate surface area is 64.4 Å². The standard InChI is InChI=1S/C7H8N3O/c8-7(11)10(9)6-4-2-1-3-5-6/h1-5,8H,9H2. The molecule has 0 fully saturated rings. The molecule has 0 saturated carbocycles. The number of rotatable bonds is 1. The zero-order valence-corrected chi connectivity index (χ0v) is 5.82. The smallest absolute Gasteiger partial charge is 0.246 e. The van der Waals surface area contributed by atoms with Gasteiger partial charge in [0.2, 0.25) is 0 Å². The molecule has 0 atom stereocenters. The predicted octanol–water partition coefficient (Wildman–Crippen LogP) is 0.770. The highest BCUT2D eigenvalue weighted by molar-refractivity contribution is 5.88. The van der Waals surface area contributed by atoms with Gasteiger partial charge < -0.3 is 0 Å². The molecule has 0 aliphatic carbocycles.